The van der Waals surface area contributed by atoms with Gasteiger partial charge in [-0.3, -0.25) is 4.90 Å². The summed E-state index contributed by atoms with van der Waals surface area (Å²) in [5.74, 6) is 2.03. The zero-order chi connectivity index (χ0) is 14.5. The van der Waals surface area contributed by atoms with Crippen LogP contribution in [-0.2, 0) is 19.5 Å². The molecule has 0 aliphatic carbocycles. The fraction of sp³-hybridized carbons (Fsp3) is 0.625. The Bertz CT molecular complexity index is 456. The highest BCUT2D eigenvalue weighted by Gasteiger charge is 2.22. The largest absolute Gasteiger partial charge is 0.496 e. The molecule has 1 heterocycles. The normalized spacial score (nSPS) is 14.2. The Morgan fingerprint density at radius 1 is 1.15 bits per heavy atom. The summed E-state index contributed by atoms with van der Waals surface area (Å²) < 4.78 is 11.3. The van der Waals surface area contributed by atoms with Crippen molar-refractivity contribution >= 4 is 0 Å². The van der Waals surface area contributed by atoms with E-state index in [0.717, 1.165) is 50.6 Å². The van der Waals surface area contributed by atoms with Gasteiger partial charge in [0.05, 0.1) is 14.2 Å². The van der Waals surface area contributed by atoms with Gasteiger partial charge in [0.2, 0.25) is 0 Å². The van der Waals surface area contributed by atoms with Crippen LogP contribution in [0.15, 0.2) is 6.07 Å². The van der Waals surface area contributed by atoms with Gasteiger partial charge < -0.3 is 14.8 Å². The lowest BCUT2D eigenvalue weighted by Crippen LogP contribution is -2.26. The van der Waals surface area contributed by atoms with Crippen LogP contribution in [0.25, 0.3) is 0 Å². The van der Waals surface area contributed by atoms with E-state index < -0.39 is 0 Å². The Morgan fingerprint density at radius 2 is 1.90 bits per heavy atom. The van der Waals surface area contributed by atoms with Gasteiger partial charge in [-0.15, -0.1) is 0 Å². The zero-order valence-electron chi connectivity index (χ0n) is 13.1. The van der Waals surface area contributed by atoms with Crippen molar-refractivity contribution in [3.63, 3.8) is 0 Å². The minimum atomic E-state index is 0.862. The predicted molar refractivity (Wildman–Crippen MR) is 81.6 cm³/mol. The average molecular weight is 278 g/mol. The fourth-order valence-corrected chi connectivity index (χ4v) is 2.92. The first-order chi connectivity index (χ1) is 9.74. The van der Waals surface area contributed by atoms with Crippen molar-refractivity contribution in [1.82, 2.24) is 10.2 Å². The van der Waals surface area contributed by atoms with E-state index in [0.29, 0.717) is 0 Å². The second-order valence-corrected chi connectivity index (χ2v) is 5.12. The summed E-state index contributed by atoms with van der Waals surface area (Å²) in [6.07, 6.45) is 1.00. The molecule has 1 N–H and O–H groups in total. The molecule has 0 saturated carbocycles. The summed E-state index contributed by atoms with van der Waals surface area (Å²) in [5.41, 5.74) is 3.79. The summed E-state index contributed by atoms with van der Waals surface area (Å²) >= 11 is 0. The molecule has 0 amide bonds. The first kappa shape index (κ1) is 15.1. The number of fused-ring (bicyclic) bond motifs is 1. The van der Waals surface area contributed by atoms with Crippen molar-refractivity contribution in [3.05, 3.63) is 22.8 Å². The van der Waals surface area contributed by atoms with Gasteiger partial charge in [-0.25, -0.2) is 0 Å². The molecular formula is C16H26N2O2. The third-order valence-corrected chi connectivity index (χ3v) is 4.10. The van der Waals surface area contributed by atoms with Gasteiger partial charge in [-0.05, 0) is 32.1 Å². The number of ether oxygens (including phenoxy) is 2. The van der Waals surface area contributed by atoms with Crippen molar-refractivity contribution < 1.29 is 9.47 Å². The first-order valence-electron chi connectivity index (χ1n) is 7.43. The maximum Gasteiger partial charge on any atom is 0.127 e. The van der Waals surface area contributed by atoms with Crippen molar-refractivity contribution in [2.24, 2.45) is 0 Å². The number of methoxy groups -OCH3 is 2. The molecule has 4 heteroatoms. The number of hydrogen-bond acceptors (Lipinski definition) is 4. The maximum atomic E-state index is 5.72. The van der Waals surface area contributed by atoms with Crippen LogP contribution in [0.4, 0.5) is 0 Å². The van der Waals surface area contributed by atoms with Crippen LogP contribution in [0.3, 0.4) is 0 Å². The first-order valence-corrected chi connectivity index (χ1v) is 7.43. The molecule has 4 nitrogen and oxygen atoms in total. The maximum absolute atomic E-state index is 5.72. The van der Waals surface area contributed by atoms with Crippen LogP contribution >= 0.6 is 0 Å². The number of nitrogens with zero attached hydrogens (tertiary/aromatic N) is 1. The summed E-state index contributed by atoms with van der Waals surface area (Å²) in [7, 11) is 3.52. The van der Waals surface area contributed by atoms with Gasteiger partial charge in [0.1, 0.15) is 11.5 Å². The Hall–Kier alpha value is -1.26. The molecule has 0 spiro atoms. The van der Waals surface area contributed by atoms with Gasteiger partial charge in [-0.2, -0.15) is 0 Å². The highest BCUT2D eigenvalue weighted by Crippen LogP contribution is 2.36. The molecule has 2 rings (SSSR count). The van der Waals surface area contributed by atoms with Crippen LogP contribution < -0.4 is 14.8 Å². The average Bonchev–Trinajstić information content (AvgIpc) is 2.51. The van der Waals surface area contributed by atoms with E-state index in [-0.39, 0.29) is 0 Å². The molecule has 1 aromatic carbocycles. The second kappa shape index (κ2) is 6.95. The van der Waals surface area contributed by atoms with E-state index in [1.165, 1.54) is 16.7 Å². The summed E-state index contributed by atoms with van der Waals surface area (Å²) in [4.78, 5) is 2.39. The SMILES string of the molecule is CCN(CC)Cc1cc(OC)c2c(c1OC)CCNC2. The Kier molecular flexibility index (Phi) is 5.26. The number of nitrogens with one attached hydrogen (secondary N) is 1. The lowest BCUT2D eigenvalue weighted by molar-refractivity contribution is 0.287. The second-order valence-electron chi connectivity index (χ2n) is 5.12. The smallest absolute Gasteiger partial charge is 0.127 e. The topological polar surface area (TPSA) is 33.7 Å². The molecular weight excluding hydrogens is 252 g/mol. The molecule has 20 heavy (non-hydrogen) atoms. The van der Waals surface area contributed by atoms with Gasteiger partial charge in [0.15, 0.2) is 0 Å². The zero-order valence-corrected chi connectivity index (χ0v) is 13.1. The van der Waals surface area contributed by atoms with Crippen molar-refractivity contribution in [2.45, 2.75) is 33.4 Å². The Labute approximate surface area is 122 Å². The lowest BCUT2D eigenvalue weighted by atomic mass is 9.95. The van der Waals surface area contributed by atoms with Gasteiger partial charge in [0.25, 0.3) is 0 Å². The number of benzene rings is 1. The standard InChI is InChI=1S/C16H26N2O2/c1-5-18(6-2)11-12-9-15(19-3)14-10-17-8-7-13(14)16(12)20-4/h9,17H,5-8,10-11H2,1-4H3. The summed E-state index contributed by atoms with van der Waals surface area (Å²) in [6, 6.07) is 2.14. The van der Waals surface area contributed by atoms with E-state index in [9.17, 15) is 0 Å². The molecule has 0 fully saturated rings. The molecule has 0 aromatic heterocycles. The number of rotatable bonds is 6. The fourth-order valence-electron chi connectivity index (χ4n) is 2.92. The lowest BCUT2D eigenvalue weighted by Gasteiger charge is -2.26. The molecule has 0 bridgehead atoms. The van der Waals surface area contributed by atoms with Gasteiger partial charge >= 0.3 is 0 Å². The molecule has 0 atom stereocenters. The molecule has 0 radical (unpaired) electrons. The highest BCUT2D eigenvalue weighted by molar-refractivity contribution is 5.54. The van der Waals surface area contributed by atoms with Crippen molar-refractivity contribution in [2.75, 3.05) is 33.9 Å². The summed E-state index contributed by atoms with van der Waals surface area (Å²) in [5, 5.41) is 3.40. The third kappa shape index (κ3) is 2.91. The van der Waals surface area contributed by atoms with Crippen LogP contribution in [0.1, 0.15) is 30.5 Å². The van der Waals surface area contributed by atoms with Crippen LogP contribution in [0.2, 0.25) is 0 Å². The van der Waals surface area contributed by atoms with Crippen molar-refractivity contribution in [1.29, 1.82) is 0 Å². The quantitative estimate of drug-likeness (QED) is 0.865. The molecule has 1 aromatic rings. The molecule has 0 saturated heterocycles. The van der Waals surface area contributed by atoms with Crippen LogP contribution in [-0.4, -0.2) is 38.8 Å². The third-order valence-electron chi connectivity index (χ3n) is 4.10. The van der Waals surface area contributed by atoms with Gasteiger partial charge in [-0.1, -0.05) is 13.8 Å². The molecule has 1 aliphatic heterocycles. The Morgan fingerprint density at radius 3 is 2.50 bits per heavy atom. The summed E-state index contributed by atoms with van der Waals surface area (Å²) in [6.45, 7) is 9.24. The van der Waals surface area contributed by atoms with E-state index in [2.05, 4.69) is 30.1 Å². The highest BCUT2D eigenvalue weighted by atomic mass is 16.5. The molecule has 112 valence electrons. The van der Waals surface area contributed by atoms with E-state index in [1.54, 1.807) is 14.2 Å². The van der Waals surface area contributed by atoms with E-state index in [4.69, 9.17) is 9.47 Å². The van der Waals surface area contributed by atoms with Crippen LogP contribution in [0.5, 0.6) is 11.5 Å². The molecule has 0 unspecified atom stereocenters. The predicted octanol–water partition coefficient (Wildman–Crippen LogP) is 2.19. The van der Waals surface area contributed by atoms with Crippen LogP contribution in [0, 0.1) is 0 Å². The van der Waals surface area contributed by atoms with E-state index in [1.807, 2.05) is 0 Å². The number of hydrogen-bond donors (Lipinski definition) is 1. The van der Waals surface area contributed by atoms with Gasteiger partial charge in [0, 0.05) is 29.8 Å². The monoisotopic (exact) mass is 278 g/mol. The Balaban J connectivity index is 2.44. The van der Waals surface area contributed by atoms with Crippen molar-refractivity contribution in [3.8, 4) is 11.5 Å². The minimum absolute atomic E-state index is 0.862. The van der Waals surface area contributed by atoms with E-state index >= 15 is 0 Å². The minimum Gasteiger partial charge on any atom is -0.496 e. The molecule has 1 aliphatic rings.